The molecule has 5 nitrogen and oxygen atoms in total. The molecule has 0 saturated carbocycles. The number of halogens is 1. The minimum atomic E-state index is -0.734. The van der Waals surface area contributed by atoms with Crippen molar-refractivity contribution in [1.29, 1.82) is 0 Å². The highest BCUT2D eigenvalue weighted by atomic mass is 79.9. The first-order chi connectivity index (χ1) is 10.6. The van der Waals surface area contributed by atoms with Gasteiger partial charge in [-0.1, -0.05) is 12.1 Å². The maximum atomic E-state index is 12.5. The number of para-hydroxylation sites is 1. The molecule has 1 fully saturated rings. The van der Waals surface area contributed by atoms with Crippen LogP contribution >= 0.6 is 15.9 Å². The number of rotatable bonds is 3. The van der Waals surface area contributed by atoms with Gasteiger partial charge in [0.15, 0.2) is 0 Å². The predicted molar refractivity (Wildman–Crippen MR) is 83.5 cm³/mol. The number of carbonyl (C=O) groups is 2. The number of nitrogens with zero attached hydrogens (tertiary/aromatic N) is 1. The SMILES string of the molecule is COC(=O)[C@@H]1[C@@H](c2ccco2)CC(=O)N1c1ccccc1Br. The van der Waals surface area contributed by atoms with Crippen molar-refractivity contribution < 1.29 is 18.7 Å². The van der Waals surface area contributed by atoms with E-state index in [9.17, 15) is 9.59 Å². The Hall–Kier alpha value is -2.08. The lowest BCUT2D eigenvalue weighted by atomic mass is 9.97. The van der Waals surface area contributed by atoms with E-state index in [1.807, 2.05) is 18.2 Å². The molecule has 2 aromatic rings. The van der Waals surface area contributed by atoms with Crippen LogP contribution in [0, 0.1) is 0 Å². The summed E-state index contributed by atoms with van der Waals surface area (Å²) in [7, 11) is 1.32. The Kier molecular flexibility index (Phi) is 4.02. The average molecular weight is 364 g/mol. The third-order valence-electron chi connectivity index (χ3n) is 3.79. The van der Waals surface area contributed by atoms with Crippen molar-refractivity contribution >= 4 is 33.5 Å². The predicted octanol–water partition coefficient (Wildman–Crippen LogP) is 3.10. The zero-order chi connectivity index (χ0) is 15.7. The van der Waals surface area contributed by atoms with Crippen LogP contribution in [-0.4, -0.2) is 25.0 Å². The summed E-state index contributed by atoms with van der Waals surface area (Å²) in [5.74, 6) is -0.341. The smallest absolute Gasteiger partial charge is 0.329 e. The summed E-state index contributed by atoms with van der Waals surface area (Å²) in [6.45, 7) is 0. The number of hydrogen-bond donors (Lipinski definition) is 0. The minimum absolute atomic E-state index is 0.135. The number of anilines is 1. The summed E-state index contributed by atoms with van der Waals surface area (Å²) < 4.78 is 11.1. The molecule has 1 amide bonds. The number of benzene rings is 1. The molecule has 2 heterocycles. The average Bonchev–Trinajstić information content (AvgIpc) is 3.14. The lowest BCUT2D eigenvalue weighted by Gasteiger charge is -2.26. The highest BCUT2D eigenvalue weighted by Crippen LogP contribution is 2.40. The maximum absolute atomic E-state index is 12.5. The third kappa shape index (κ3) is 2.43. The van der Waals surface area contributed by atoms with Crippen LogP contribution in [0.25, 0.3) is 0 Å². The monoisotopic (exact) mass is 363 g/mol. The summed E-state index contributed by atoms with van der Waals surface area (Å²) in [5, 5.41) is 0. The van der Waals surface area contributed by atoms with E-state index in [1.165, 1.54) is 18.3 Å². The molecule has 0 bridgehead atoms. The Morgan fingerprint density at radius 3 is 2.73 bits per heavy atom. The van der Waals surface area contributed by atoms with Gasteiger partial charge in [-0.15, -0.1) is 0 Å². The van der Waals surface area contributed by atoms with Crippen LogP contribution in [-0.2, 0) is 14.3 Å². The molecule has 0 N–H and O–H groups in total. The maximum Gasteiger partial charge on any atom is 0.329 e. The van der Waals surface area contributed by atoms with Crippen molar-refractivity contribution in [3.8, 4) is 0 Å². The summed E-state index contributed by atoms with van der Waals surface area (Å²) >= 11 is 3.43. The normalized spacial score (nSPS) is 21.2. The molecule has 114 valence electrons. The molecule has 1 aromatic heterocycles. The molecule has 22 heavy (non-hydrogen) atoms. The summed E-state index contributed by atoms with van der Waals surface area (Å²) in [6.07, 6.45) is 1.74. The number of furan rings is 1. The van der Waals surface area contributed by atoms with Gasteiger partial charge in [0.25, 0.3) is 0 Å². The van der Waals surface area contributed by atoms with Gasteiger partial charge in [0.05, 0.1) is 25.0 Å². The van der Waals surface area contributed by atoms with Crippen LogP contribution in [0.15, 0.2) is 51.6 Å². The van der Waals surface area contributed by atoms with Crippen LogP contribution in [0.4, 0.5) is 5.69 Å². The van der Waals surface area contributed by atoms with Gasteiger partial charge in [0, 0.05) is 10.9 Å². The summed E-state index contributed by atoms with van der Waals surface area (Å²) in [4.78, 5) is 26.3. The van der Waals surface area contributed by atoms with E-state index < -0.39 is 12.0 Å². The minimum Gasteiger partial charge on any atom is -0.469 e. The van der Waals surface area contributed by atoms with Crippen LogP contribution in [0.2, 0.25) is 0 Å². The molecule has 1 aromatic carbocycles. The van der Waals surface area contributed by atoms with Gasteiger partial charge in [0.1, 0.15) is 11.8 Å². The van der Waals surface area contributed by atoms with Crippen molar-refractivity contribution in [3.63, 3.8) is 0 Å². The molecule has 0 aliphatic carbocycles. The van der Waals surface area contributed by atoms with E-state index >= 15 is 0 Å². The summed E-state index contributed by atoms with van der Waals surface area (Å²) in [5.41, 5.74) is 0.650. The van der Waals surface area contributed by atoms with Crippen LogP contribution in [0.3, 0.4) is 0 Å². The van der Waals surface area contributed by atoms with Crippen molar-refractivity contribution in [2.24, 2.45) is 0 Å². The number of esters is 1. The van der Waals surface area contributed by atoms with Crippen molar-refractivity contribution in [3.05, 3.63) is 52.9 Å². The molecule has 0 unspecified atom stereocenters. The number of carbonyl (C=O) groups excluding carboxylic acids is 2. The highest BCUT2D eigenvalue weighted by Gasteiger charge is 2.48. The molecule has 1 aliphatic heterocycles. The van der Waals surface area contributed by atoms with E-state index in [2.05, 4.69) is 15.9 Å². The summed E-state index contributed by atoms with van der Waals surface area (Å²) in [6, 6.07) is 10.1. The third-order valence-corrected chi connectivity index (χ3v) is 4.46. The number of methoxy groups -OCH3 is 1. The van der Waals surface area contributed by atoms with Gasteiger partial charge in [-0.25, -0.2) is 4.79 Å². The largest absolute Gasteiger partial charge is 0.469 e. The van der Waals surface area contributed by atoms with E-state index in [-0.39, 0.29) is 18.2 Å². The molecule has 0 spiro atoms. The fraction of sp³-hybridized carbons (Fsp3) is 0.250. The first kappa shape index (κ1) is 14.8. The number of ether oxygens (including phenoxy) is 1. The second-order valence-corrected chi connectivity index (χ2v) is 5.86. The topological polar surface area (TPSA) is 59.8 Å². The Morgan fingerprint density at radius 2 is 2.09 bits per heavy atom. The first-order valence-corrected chi connectivity index (χ1v) is 7.60. The van der Waals surface area contributed by atoms with Crippen LogP contribution in [0.1, 0.15) is 18.1 Å². The van der Waals surface area contributed by atoms with Crippen molar-refractivity contribution in [2.75, 3.05) is 12.0 Å². The molecular formula is C16H14BrNO4. The second kappa shape index (κ2) is 5.96. The molecule has 1 saturated heterocycles. The molecule has 3 rings (SSSR count). The quantitative estimate of drug-likeness (QED) is 0.786. The van der Waals surface area contributed by atoms with Gasteiger partial charge in [-0.3, -0.25) is 9.69 Å². The van der Waals surface area contributed by atoms with Crippen LogP contribution in [0.5, 0.6) is 0 Å². The standard InChI is InChI=1S/C16H14BrNO4/c1-21-16(20)15-10(13-7-4-8-22-13)9-14(19)18(15)12-6-3-2-5-11(12)17/h2-8,10,15H,9H2,1H3/t10-,15+/m1/s1. The second-order valence-electron chi connectivity index (χ2n) is 5.01. The van der Waals surface area contributed by atoms with Crippen LogP contribution < -0.4 is 4.90 Å². The Balaban J connectivity index is 2.06. The van der Waals surface area contributed by atoms with Gasteiger partial charge >= 0.3 is 5.97 Å². The first-order valence-electron chi connectivity index (χ1n) is 6.81. The van der Waals surface area contributed by atoms with Gasteiger partial charge in [-0.05, 0) is 40.2 Å². The Morgan fingerprint density at radius 1 is 1.32 bits per heavy atom. The van der Waals surface area contributed by atoms with Gasteiger partial charge in [-0.2, -0.15) is 0 Å². The lowest BCUT2D eigenvalue weighted by molar-refractivity contribution is -0.142. The molecule has 6 heteroatoms. The van der Waals surface area contributed by atoms with E-state index in [0.29, 0.717) is 11.4 Å². The lowest BCUT2D eigenvalue weighted by Crippen LogP contribution is -2.41. The highest BCUT2D eigenvalue weighted by molar-refractivity contribution is 9.10. The van der Waals surface area contributed by atoms with Gasteiger partial charge < -0.3 is 9.15 Å². The molecular weight excluding hydrogens is 350 g/mol. The Bertz CT molecular complexity index is 698. The zero-order valence-corrected chi connectivity index (χ0v) is 13.4. The Labute approximate surface area is 136 Å². The molecule has 1 aliphatic rings. The van der Waals surface area contributed by atoms with Gasteiger partial charge in [0.2, 0.25) is 5.91 Å². The fourth-order valence-electron chi connectivity index (χ4n) is 2.81. The zero-order valence-electron chi connectivity index (χ0n) is 11.9. The fourth-order valence-corrected chi connectivity index (χ4v) is 3.29. The van der Waals surface area contributed by atoms with E-state index in [4.69, 9.17) is 9.15 Å². The molecule has 2 atom stereocenters. The van der Waals surface area contributed by atoms with Crippen molar-refractivity contribution in [1.82, 2.24) is 0 Å². The van der Waals surface area contributed by atoms with Crippen molar-refractivity contribution in [2.45, 2.75) is 18.4 Å². The number of hydrogen-bond acceptors (Lipinski definition) is 4. The van der Waals surface area contributed by atoms with E-state index in [1.54, 1.807) is 18.2 Å². The number of amides is 1. The molecule has 0 radical (unpaired) electrons. The van der Waals surface area contributed by atoms with E-state index in [0.717, 1.165) is 4.47 Å².